The first-order chi connectivity index (χ1) is 19.2. The number of fused-ring (bicyclic) bond motifs is 5. The first kappa shape index (κ1) is 22.1. The highest BCUT2D eigenvalue weighted by Crippen LogP contribution is 2.62. The number of hydrogen-bond donors (Lipinski definition) is 0. The molecule has 1 unspecified atom stereocenters. The summed E-state index contributed by atoms with van der Waals surface area (Å²) in [7, 11) is 0. The maximum atomic E-state index is 2.48. The topological polar surface area (TPSA) is 3.24 Å². The minimum absolute atomic E-state index is 0.215. The molecule has 1 nitrogen and oxygen atoms in total. The van der Waals surface area contributed by atoms with Gasteiger partial charge in [0.05, 0.1) is 11.4 Å². The second-order valence-corrected chi connectivity index (χ2v) is 10.7. The Morgan fingerprint density at radius 1 is 0.436 bits per heavy atom. The van der Waals surface area contributed by atoms with Crippen LogP contribution in [0.1, 0.15) is 23.6 Å². The molecular formula is C38H27N. The van der Waals surface area contributed by atoms with Crippen LogP contribution in [0.5, 0.6) is 0 Å². The Morgan fingerprint density at radius 2 is 1.03 bits per heavy atom. The predicted octanol–water partition coefficient (Wildman–Crippen LogP) is 10.1. The molecule has 0 spiro atoms. The quantitative estimate of drug-likeness (QED) is 0.235. The average Bonchev–Trinajstić information content (AvgIpc) is 3.28. The van der Waals surface area contributed by atoms with E-state index in [0.717, 1.165) is 0 Å². The summed E-state index contributed by atoms with van der Waals surface area (Å²) in [6.45, 7) is 2.41. The largest absolute Gasteiger partial charge is 0.310 e. The summed E-state index contributed by atoms with van der Waals surface area (Å²) in [6, 6.07) is 53.1. The van der Waals surface area contributed by atoms with Crippen LogP contribution in [0, 0.1) is 0 Å². The van der Waals surface area contributed by atoms with E-state index in [1.54, 1.807) is 0 Å². The van der Waals surface area contributed by atoms with Crippen molar-refractivity contribution in [2.75, 3.05) is 4.90 Å². The third-order valence-electron chi connectivity index (χ3n) is 8.66. The van der Waals surface area contributed by atoms with Crippen LogP contribution >= 0.6 is 0 Å². The maximum Gasteiger partial charge on any atom is 0.0512 e. The highest BCUT2D eigenvalue weighted by atomic mass is 15.2. The standard InChI is InChI=1S/C38H27N/c1-38-33-17-9-8-15-31(33)32-16-10-18-35(37(32)38)39(30-22-19-28(20-23-30)26-11-4-2-5-12-26)36-25-29(21-24-34(36)38)27-13-6-3-7-14-27/h2-25H,1H3. The van der Waals surface area contributed by atoms with E-state index >= 15 is 0 Å². The molecule has 6 aromatic carbocycles. The molecule has 0 N–H and O–H groups in total. The normalized spacial score (nSPS) is 16.4. The third kappa shape index (κ3) is 3.14. The van der Waals surface area contributed by atoms with Crippen molar-refractivity contribution in [2.24, 2.45) is 0 Å². The number of anilines is 3. The third-order valence-corrected chi connectivity index (χ3v) is 8.66. The van der Waals surface area contributed by atoms with Crippen molar-refractivity contribution < 1.29 is 0 Å². The molecule has 0 saturated heterocycles. The fraction of sp³-hybridized carbons (Fsp3) is 0.0526. The molecule has 0 fully saturated rings. The van der Waals surface area contributed by atoms with Gasteiger partial charge in [0.25, 0.3) is 0 Å². The Morgan fingerprint density at radius 3 is 1.77 bits per heavy atom. The lowest BCUT2D eigenvalue weighted by atomic mass is 9.70. The van der Waals surface area contributed by atoms with Gasteiger partial charge in [0, 0.05) is 11.1 Å². The van der Waals surface area contributed by atoms with Crippen LogP contribution in [0.2, 0.25) is 0 Å². The summed E-state index contributed by atoms with van der Waals surface area (Å²) in [5.74, 6) is 0. The molecule has 1 aliphatic carbocycles. The molecule has 0 bridgehead atoms. The van der Waals surface area contributed by atoms with Gasteiger partial charge in [-0.2, -0.15) is 0 Å². The number of benzene rings is 6. The van der Waals surface area contributed by atoms with E-state index in [9.17, 15) is 0 Å². The second-order valence-electron chi connectivity index (χ2n) is 10.7. The smallest absolute Gasteiger partial charge is 0.0512 e. The van der Waals surface area contributed by atoms with Crippen LogP contribution in [-0.2, 0) is 5.41 Å². The molecule has 0 amide bonds. The van der Waals surface area contributed by atoms with Crippen LogP contribution < -0.4 is 4.90 Å². The Bertz CT molecular complexity index is 1850. The van der Waals surface area contributed by atoms with E-state index in [1.807, 2.05) is 0 Å². The minimum Gasteiger partial charge on any atom is -0.310 e. The van der Waals surface area contributed by atoms with Gasteiger partial charge in [0.2, 0.25) is 0 Å². The fourth-order valence-corrected chi connectivity index (χ4v) is 6.84. The molecule has 1 atom stereocenters. The summed E-state index contributed by atoms with van der Waals surface area (Å²) in [6.07, 6.45) is 0. The van der Waals surface area contributed by atoms with E-state index < -0.39 is 0 Å². The summed E-state index contributed by atoms with van der Waals surface area (Å²) in [4.78, 5) is 2.48. The minimum atomic E-state index is -0.215. The zero-order valence-corrected chi connectivity index (χ0v) is 21.8. The molecule has 184 valence electrons. The van der Waals surface area contributed by atoms with Gasteiger partial charge in [-0.15, -0.1) is 0 Å². The van der Waals surface area contributed by atoms with E-state index in [2.05, 4.69) is 157 Å². The van der Waals surface area contributed by atoms with Crippen LogP contribution in [0.15, 0.2) is 146 Å². The molecule has 0 saturated carbocycles. The first-order valence-electron chi connectivity index (χ1n) is 13.6. The van der Waals surface area contributed by atoms with Crippen molar-refractivity contribution in [3.8, 4) is 33.4 Å². The first-order valence-corrected chi connectivity index (χ1v) is 13.6. The van der Waals surface area contributed by atoms with Crippen LogP contribution in [-0.4, -0.2) is 0 Å². The van der Waals surface area contributed by atoms with Crippen molar-refractivity contribution in [1.29, 1.82) is 0 Å². The highest BCUT2D eigenvalue weighted by molar-refractivity contribution is 5.98. The van der Waals surface area contributed by atoms with Crippen molar-refractivity contribution >= 4 is 17.1 Å². The second kappa shape index (κ2) is 8.31. The molecule has 0 aromatic heterocycles. The molecule has 1 heterocycles. The van der Waals surface area contributed by atoms with Gasteiger partial charge >= 0.3 is 0 Å². The molecule has 8 rings (SSSR count). The Hall–Kier alpha value is -4.88. The van der Waals surface area contributed by atoms with E-state index in [4.69, 9.17) is 0 Å². The lowest BCUT2D eigenvalue weighted by Gasteiger charge is -2.42. The van der Waals surface area contributed by atoms with Crippen molar-refractivity contribution in [2.45, 2.75) is 12.3 Å². The number of rotatable bonds is 3. The van der Waals surface area contributed by atoms with Crippen LogP contribution in [0.4, 0.5) is 17.1 Å². The van der Waals surface area contributed by atoms with Crippen molar-refractivity contribution in [3.63, 3.8) is 0 Å². The Labute approximate surface area is 229 Å². The molecule has 1 aliphatic heterocycles. The molecule has 2 aliphatic rings. The van der Waals surface area contributed by atoms with Gasteiger partial charge in [0.1, 0.15) is 0 Å². The zero-order chi connectivity index (χ0) is 26.0. The van der Waals surface area contributed by atoms with Gasteiger partial charge < -0.3 is 4.90 Å². The monoisotopic (exact) mass is 497 g/mol. The Balaban J connectivity index is 1.39. The zero-order valence-electron chi connectivity index (χ0n) is 21.8. The van der Waals surface area contributed by atoms with Crippen LogP contribution in [0.3, 0.4) is 0 Å². The van der Waals surface area contributed by atoms with Gasteiger partial charge in [-0.3, -0.25) is 0 Å². The average molecular weight is 498 g/mol. The van der Waals surface area contributed by atoms with E-state index in [-0.39, 0.29) is 5.41 Å². The molecule has 6 aromatic rings. The molecule has 39 heavy (non-hydrogen) atoms. The summed E-state index contributed by atoms with van der Waals surface area (Å²) in [5, 5.41) is 0. The molecule has 0 radical (unpaired) electrons. The number of hydrogen-bond acceptors (Lipinski definition) is 1. The van der Waals surface area contributed by atoms with E-state index in [0.29, 0.717) is 0 Å². The van der Waals surface area contributed by atoms with Crippen LogP contribution in [0.25, 0.3) is 33.4 Å². The van der Waals surface area contributed by atoms with Gasteiger partial charge in [-0.1, -0.05) is 121 Å². The lowest BCUT2D eigenvalue weighted by Crippen LogP contribution is -2.32. The lowest BCUT2D eigenvalue weighted by molar-refractivity contribution is 0.702. The number of nitrogens with zero attached hydrogens (tertiary/aromatic N) is 1. The molecule has 1 heteroatoms. The van der Waals surface area contributed by atoms with Gasteiger partial charge in [0.15, 0.2) is 0 Å². The fourth-order valence-electron chi connectivity index (χ4n) is 6.84. The summed E-state index contributed by atoms with van der Waals surface area (Å²) in [5.41, 5.74) is 15.2. The Kier molecular flexibility index (Phi) is 4.72. The van der Waals surface area contributed by atoms with Gasteiger partial charge in [-0.25, -0.2) is 0 Å². The molecular weight excluding hydrogens is 470 g/mol. The van der Waals surface area contributed by atoms with Crippen molar-refractivity contribution in [1.82, 2.24) is 0 Å². The highest BCUT2D eigenvalue weighted by Gasteiger charge is 2.48. The van der Waals surface area contributed by atoms with E-state index in [1.165, 1.54) is 67.1 Å². The SMILES string of the molecule is CC12c3ccccc3-c3cccc(c31)N(c1ccc(-c3ccccc3)cc1)c1cc(-c3ccccc3)ccc12. The predicted molar refractivity (Wildman–Crippen MR) is 163 cm³/mol. The summed E-state index contributed by atoms with van der Waals surface area (Å²) < 4.78 is 0. The maximum absolute atomic E-state index is 2.48. The summed E-state index contributed by atoms with van der Waals surface area (Å²) >= 11 is 0. The van der Waals surface area contributed by atoms with Gasteiger partial charge in [-0.05, 0) is 81.3 Å². The van der Waals surface area contributed by atoms with Crippen molar-refractivity contribution in [3.05, 3.63) is 162 Å².